The fraction of sp³-hybridized carbons (Fsp3) is 0.209. The van der Waals surface area contributed by atoms with Gasteiger partial charge in [-0.25, -0.2) is 4.98 Å². The van der Waals surface area contributed by atoms with Gasteiger partial charge in [0.1, 0.15) is 11.6 Å². The van der Waals surface area contributed by atoms with Gasteiger partial charge < -0.3 is 5.11 Å². The van der Waals surface area contributed by atoms with Gasteiger partial charge in [-0.3, -0.25) is 9.55 Å². The third-order valence-electron chi connectivity index (χ3n) is 9.51. The molecule has 0 unspecified atom stereocenters. The number of para-hydroxylation sites is 1. The number of aromatic nitrogens is 3. The first-order valence-corrected chi connectivity index (χ1v) is 16.4. The Morgan fingerprint density at radius 1 is 0.702 bits per heavy atom. The van der Waals surface area contributed by atoms with Crippen LogP contribution in [0.15, 0.2) is 109 Å². The van der Waals surface area contributed by atoms with Crippen LogP contribution in [0.2, 0.25) is 0 Å². The first-order valence-electron chi connectivity index (χ1n) is 16.4. The minimum absolute atomic E-state index is 0.0389. The molecular weight excluding hydrogens is 574 g/mol. The van der Waals surface area contributed by atoms with Gasteiger partial charge in [-0.2, -0.15) is 0 Å². The molecule has 0 amide bonds. The second-order valence-corrected chi connectivity index (χ2v) is 14.0. The Bertz CT molecular complexity index is 2280. The predicted octanol–water partition coefficient (Wildman–Crippen LogP) is 11.3. The van der Waals surface area contributed by atoms with Crippen molar-refractivity contribution in [2.24, 2.45) is 0 Å². The smallest absolute Gasteiger partial charge is 0.149 e. The number of fused-ring (bicyclic) bond motifs is 2. The van der Waals surface area contributed by atoms with Gasteiger partial charge in [0.15, 0.2) is 0 Å². The number of nitrogens with zero attached hydrogens (tertiary/aromatic N) is 3. The van der Waals surface area contributed by atoms with E-state index in [1.165, 1.54) is 22.1 Å². The van der Waals surface area contributed by atoms with Gasteiger partial charge in [0.25, 0.3) is 0 Å². The molecule has 0 spiro atoms. The highest BCUT2D eigenvalue weighted by Gasteiger charge is 2.22. The maximum absolute atomic E-state index is 11.2. The molecule has 5 aromatic carbocycles. The molecular formula is C43H41N3O. The van der Waals surface area contributed by atoms with Crippen LogP contribution in [-0.2, 0) is 5.41 Å². The number of benzene rings is 5. The Kier molecular flexibility index (Phi) is 7.47. The minimum atomic E-state index is 0.0389. The van der Waals surface area contributed by atoms with Crippen molar-refractivity contribution in [3.8, 4) is 45.1 Å². The summed E-state index contributed by atoms with van der Waals surface area (Å²) >= 11 is 0. The van der Waals surface area contributed by atoms with Gasteiger partial charge in [0.05, 0.1) is 22.1 Å². The summed E-state index contributed by atoms with van der Waals surface area (Å²) in [5.74, 6) is 1.25. The van der Waals surface area contributed by atoms with Crippen LogP contribution in [0.5, 0.6) is 5.75 Å². The molecule has 0 radical (unpaired) electrons. The molecule has 0 aliphatic carbocycles. The zero-order valence-electron chi connectivity index (χ0n) is 28.3. The fourth-order valence-corrected chi connectivity index (χ4v) is 6.58. The number of phenolic OH excluding ortho intramolecular Hbond substituents is 1. The predicted molar refractivity (Wildman–Crippen MR) is 197 cm³/mol. The van der Waals surface area contributed by atoms with E-state index >= 15 is 0 Å². The average molecular weight is 616 g/mol. The molecule has 4 nitrogen and oxygen atoms in total. The third-order valence-corrected chi connectivity index (χ3v) is 9.51. The highest BCUT2D eigenvalue weighted by Crippen LogP contribution is 2.40. The lowest BCUT2D eigenvalue weighted by atomic mass is 9.87. The van der Waals surface area contributed by atoms with Crippen LogP contribution in [-0.4, -0.2) is 19.6 Å². The minimum Gasteiger partial charge on any atom is -0.507 e. The van der Waals surface area contributed by atoms with Crippen LogP contribution < -0.4 is 0 Å². The molecule has 4 heteroatoms. The standard InChI is InChI=1S/C43H41N3O/c1-26(2)29-16-21-39(47)37(25-29)42-45-41-35(13-9-15-38(41)46(42)33-19-17-32(18-20-33)43(5,6)7)30-11-8-12-31(24-30)36-23-27(3)28(4)34-14-10-22-44-40(34)36/h8-26,47H,1-7H3. The summed E-state index contributed by atoms with van der Waals surface area (Å²) in [7, 11) is 0. The molecule has 0 atom stereocenters. The average Bonchev–Trinajstić information content (AvgIpc) is 3.46. The molecule has 47 heavy (non-hydrogen) atoms. The van der Waals surface area contributed by atoms with Crippen molar-refractivity contribution >= 4 is 21.9 Å². The van der Waals surface area contributed by atoms with Gasteiger partial charge >= 0.3 is 0 Å². The van der Waals surface area contributed by atoms with E-state index in [1.807, 2.05) is 18.3 Å². The van der Waals surface area contributed by atoms with E-state index in [9.17, 15) is 5.11 Å². The molecule has 0 saturated carbocycles. The molecule has 234 valence electrons. The lowest BCUT2D eigenvalue weighted by Crippen LogP contribution is -2.11. The Labute approximate surface area is 277 Å². The SMILES string of the molecule is Cc1cc(-c2cccc(-c3cccc4c3nc(-c3cc(C(C)C)ccc3O)n4-c3ccc(C(C)(C)C)cc3)c2)c2ncccc2c1C. The van der Waals surface area contributed by atoms with Gasteiger partial charge in [0, 0.05) is 28.4 Å². The van der Waals surface area contributed by atoms with Crippen LogP contribution in [0.4, 0.5) is 0 Å². The number of hydrogen-bond acceptors (Lipinski definition) is 3. The number of aromatic hydroxyl groups is 1. The number of phenols is 1. The summed E-state index contributed by atoms with van der Waals surface area (Å²) in [4.78, 5) is 10.1. The maximum atomic E-state index is 11.2. The largest absolute Gasteiger partial charge is 0.507 e. The van der Waals surface area contributed by atoms with E-state index < -0.39 is 0 Å². The monoisotopic (exact) mass is 615 g/mol. The summed E-state index contributed by atoms with van der Waals surface area (Å²) in [5.41, 5.74) is 13.9. The normalized spacial score (nSPS) is 12.0. The van der Waals surface area contributed by atoms with Crippen molar-refractivity contribution in [1.82, 2.24) is 14.5 Å². The zero-order chi connectivity index (χ0) is 33.0. The molecule has 0 fully saturated rings. The number of pyridine rings is 1. The van der Waals surface area contributed by atoms with Crippen LogP contribution in [0.3, 0.4) is 0 Å². The quantitative estimate of drug-likeness (QED) is 0.210. The van der Waals surface area contributed by atoms with Crippen molar-refractivity contribution in [2.45, 2.75) is 59.8 Å². The van der Waals surface area contributed by atoms with Crippen LogP contribution in [0, 0.1) is 13.8 Å². The van der Waals surface area contributed by atoms with Gasteiger partial charge in [-0.05, 0) is 107 Å². The molecule has 2 heterocycles. The molecule has 7 rings (SSSR count). The van der Waals surface area contributed by atoms with Gasteiger partial charge in [0.2, 0.25) is 0 Å². The van der Waals surface area contributed by atoms with E-state index in [2.05, 4.69) is 138 Å². The van der Waals surface area contributed by atoms with Crippen molar-refractivity contribution in [3.05, 3.63) is 132 Å². The first-order chi connectivity index (χ1) is 22.5. The van der Waals surface area contributed by atoms with Crippen LogP contribution in [0.25, 0.3) is 61.3 Å². The van der Waals surface area contributed by atoms with Crippen LogP contribution in [0.1, 0.15) is 62.8 Å². The second-order valence-electron chi connectivity index (χ2n) is 14.0. The molecule has 0 saturated heterocycles. The number of imidazole rings is 1. The summed E-state index contributed by atoms with van der Waals surface area (Å²) in [6, 6.07) is 36.1. The van der Waals surface area contributed by atoms with Crippen LogP contribution >= 0.6 is 0 Å². The molecule has 0 aliphatic heterocycles. The molecule has 0 aliphatic rings. The van der Waals surface area contributed by atoms with E-state index in [-0.39, 0.29) is 11.2 Å². The van der Waals surface area contributed by atoms with Crippen molar-refractivity contribution in [1.29, 1.82) is 0 Å². The zero-order valence-corrected chi connectivity index (χ0v) is 28.3. The second kappa shape index (κ2) is 11.5. The highest BCUT2D eigenvalue weighted by atomic mass is 16.3. The van der Waals surface area contributed by atoms with E-state index in [0.717, 1.165) is 61.4 Å². The Morgan fingerprint density at radius 3 is 2.15 bits per heavy atom. The van der Waals surface area contributed by atoms with Gasteiger partial charge in [-0.1, -0.05) is 89.2 Å². The molecule has 7 aromatic rings. The lowest BCUT2D eigenvalue weighted by Gasteiger charge is -2.20. The fourth-order valence-electron chi connectivity index (χ4n) is 6.58. The van der Waals surface area contributed by atoms with Crippen molar-refractivity contribution in [2.75, 3.05) is 0 Å². The number of hydrogen-bond donors (Lipinski definition) is 1. The summed E-state index contributed by atoms with van der Waals surface area (Å²) in [6.45, 7) is 15.4. The summed E-state index contributed by atoms with van der Waals surface area (Å²) in [5, 5.41) is 12.4. The maximum Gasteiger partial charge on any atom is 0.149 e. The van der Waals surface area contributed by atoms with Crippen molar-refractivity contribution < 1.29 is 5.11 Å². The van der Waals surface area contributed by atoms with E-state index in [4.69, 9.17) is 9.97 Å². The lowest BCUT2D eigenvalue weighted by molar-refractivity contribution is 0.476. The third kappa shape index (κ3) is 5.38. The number of rotatable bonds is 5. The molecule has 0 bridgehead atoms. The Morgan fingerprint density at radius 2 is 1.43 bits per heavy atom. The number of aryl methyl sites for hydroxylation is 2. The van der Waals surface area contributed by atoms with E-state index in [0.29, 0.717) is 5.92 Å². The highest BCUT2D eigenvalue weighted by molar-refractivity contribution is 5.99. The summed E-state index contributed by atoms with van der Waals surface area (Å²) in [6.07, 6.45) is 1.87. The van der Waals surface area contributed by atoms with Crippen molar-refractivity contribution in [3.63, 3.8) is 0 Å². The molecule has 1 N–H and O–H groups in total. The first kappa shape index (κ1) is 30.4. The Balaban J connectivity index is 1.46. The Hall–Kier alpha value is -5.22. The topological polar surface area (TPSA) is 50.9 Å². The van der Waals surface area contributed by atoms with Gasteiger partial charge in [-0.15, -0.1) is 0 Å². The summed E-state index contributed by atoms with van der Waals surface area (Å²) < 4.78 is 2.19. The van der Waals surface area contributed by atoms with E-state index in [1.54, 1.807) is 6.07 Å². The molecule has 2 aromatic heterocycles.